The molecule has 0 spiro atoms. The van der Waals surface area contributed by atoms with E-state index >= 15 is 0 Å². The Hall–Kier alpha value is -2.29. The standard InChI is InChI=1S/C17H13Cl2FN2O2/c1-10(24-16-7-4-12(18)8-14(16)19)17(23)22-15(9-21)11-2-5-13(20)6-3-11/h2-8,10,15H,1H3,(H,22,23). The molecular weight excluding hydrogens is 354 g/mol. The lowest BCUT2D eigenvalue weighted by Gasteiger charge is -2.18. The van der Waals surface area contributed by atoms with E-state index < -0.39 is 23.9 Å². The number of halogens is 3. The minimum absolute atomic E-state index is 0.275. The van der Waals surface area contributed by atoms with E-state index in [-0.39, 0.29) is 5.02 Å². The Morgan fingerprint density at radius 2 is 1.92 bits per heavy atom. The van der Waals surface area contributed by atoms with Gasteiger partial charge >= 0.3 is 0 Å². The Balaban J connectivity index is 2.04. The van der Waals surface area contributed by atoms with Crippen molar-refractivity contribution < 1.29 is 13.9 Å². The predicted octanol–water partition coefficient (Wildman–Crippen LogP) is 4.28. The van der Waals surface area contributed by atoms with E-state index in [9.17, 15) is 14.4 Å². The summed E-state index contributed by atoms with van der Waals surface area (Å²) in [5, 5.41) is 12.5. The summed E-state index contributed by atoms with van der Waals surface area (Å²) in [7, 11) is 0. The van der Waals surface area contributed by atoms with Gasteiger partial charge in [0.05, 0.1) is 11.1 Å². The molecule has 2 aromatic rings. The van der Waals surface area contributed by atoms with Crippen LogP contribution in [-0.4, -0.2) is 12.0 Å². The molecule has 1 amide bonds. The van der Waals surface area contributed by atoms with Gasteiger partial charge in [0.1, 0.15) is 17.6 Å². The molecule has 24 heavy (non-hydrogen) atoms. The molecule has 0 saturated heterocycles. The molecule has 2 unspecified atom stereocenters. The van der Waals surface area contributed by atoms with Crippen molar-refractivity contribution in [3.05, 3.63) is 63.9 Å². The van der Waals surface area contributed by atoms with Gasteiger partial charge in [-0.3, -0.25) is 4.79 Å². The summed E-state index contributed by atoms with van der Waals surface area (Å²) in [6, 6.07) is 11.0. The molecule has 2 atom stereocenters. The second-order valence-corrected chi connectivity index (χ2v) is 5.80. The van der Waals surface area contributed by atoms with Crippen LogP contribution in [0.4, 0.5) is 4.39 Å². The highest BCUT2D eigenvalue weighted by molar-refractivity contribution is 6.35. The Morgan fingerprint density at radius 1 is 1.25 bits per heavy atom. The molecule has 0 bridgehead atoms. The highest BCUT2D eigenvalue weighted by Gasteiger charge is 2.21. The number of hydrogen-bond donors (Lipinski definition) is 1. The molecule has 0 aliphatic rings. The number of carbonyl (C=O) groups is 1. The second-order valence-electron chi connectivity index (χ2n) is 4.96. The Bertz CT molecular complexity index is 775. The van der Waals surface area contributed by atoms with Crippen molar-refractivity contribution >= 4 is 29.1 Å². The molecule has 0 aromatic heterocycles. The van der Waals surface area contributed by atoms with Crippen LogP contribution in [0.3, 0.4) is 0 Å². The first-order valence-electron chi connectivity index (χ1n) is 6.98. The first kappa shape index (κ1) is 18.1. The van der Waals surface area contributed by atoms with Crippen LogP contribution in [0.15, 0.2) is 42.5 Å². The van der Waals surface area contributed by atoms with Crippen LogP contribution in [0, 0.1) is 17.1 Å². The highest BCUT2D eigenvalue weighted by Crippen LogP contribution is 2.28. The molecule has 0 heterocycles. The summed E-state index contributed by atoms with van der Waals surface area (Å²) in [5.74, 6) is -0.619. The Kier molecular flexibility index (Phi) is 6.02. The fourth-order valence-corrected chi connectivity index (χ4v) is 2.37. The van der Waals surface area contributed by atoms with E-state index in [1.165, 1.54) is 37.3 Å². The molecular formula is C17H13Cl2FN2O2. The summed E-state index contributed by atoms with van der Waals surface area (Å²) in [4.78, 5) is 12.2. The first-order valence-corrected chi connectivity index (χ1v) is 7.73. The molecule has 0 radical (unpaired) electrons. The fourth-order valence-electron chi connectivity index (χ4n) is 1.92. The van der Waals surface area contributed by atoms with E-state index in [4.69, 9.17) is 27.9 Å². The van der Waals surface area contributed by atoms with Crippen molar-refractivity contribution in [1.82, 2.24) is 5.32 Å². The van der Waals surface area contributed by atoms with E-state index in [1.807, 2.05) is 6.07 Å². The molecule has 0 aliphatic carbocycles. The lowest BCUT2D eigenvalue weighted by molar-refractivity contribution is -0.127. The topological polar surface area (TPSA) is 62.1 Å². The first-order chi connectivity index (χ1) is 11.4. The molecule has 1 N–H and O–H groups in total. The van der Waals surface area contributed by atoms with Crippen molar-refractivity contribution in [2.75, 3.05) is 0 Å². The number of benzene rings is 2. The number of rotatable bonds is 5. The summed E-state index contributed by atoms with van der Waals surface area (Å²) >= 11 is 11.8. The minimum atomic E-state index is -0.912. The zero-order chi connectivity index (χ0) is 17.7. The van der Waals surface area contributed by atoms with Crippen molar-refractivity contribution in [2.45, 2.75) is 19.1 Å². The van der Waals surface area contributed by atoms with Crippen LogP contribution in [0.25, 0.3) is 0 Å². The van der Waals surface area contributed by atoms with Crippen LogP contribution in [0.5, 0.6) is 5.75 Å². The molecule has 0 saturated carbocycles. The van der Waals surface area contributed by atoms with Crippen LogP contribution in [0.1, 0.15) is 18.5 Å². The number of nitrogens with zero attached hydrogens (tertiary/aromatic N) is 1. The average molecular weight is 367 g/mol. The third-order valence-electron chi connectivity index (χ3n) is 3.19. The minimum Gasteiger partial charge on any atom is -0.479 e. The predicted molar refractivity (Wildman–Crippen MR) is 89.4 cm³/mol. The second kappa shape index (κ2) is 8.00. The number of ether oxygens (including phenoxy) is 1. The summed E-state index contributed by atoms with van der Waals surface area (Å²) in [6.07, 6.45) is -0.889. The number of hydrogen-bond acceptors (Lipinski definition) is 3. The maximum Gasteiger partial charge on any atom is 0.262 e. The summed E-state index contributed by atoms with van der Waals surface area (Å²) < 4.78 is 18.4. The third-order valence-corrected chi connectivity index (χ3v) is 3.72. The molecule has 2 rings (SSSR count). The highest BCUT2D eigenvalue weighted by atomic mass is 35.5. The van der Waals surface area contributed by atoms with Crippen molar-refractivity contribution in [3.63, 3.8) is 0 Å². The van der Waals surface area contributed by atoms with Gasteiger partial charge in [-0.25, -0.2) is 4.39 Å². The van der Waals surface area contributed by atoms with Crippen LogP contribution in [0.2, 0.25) is 10.0 Å². The molecule has 4 nitrogen and oxygen atoms in total. The maximum absolute atomic E-state index is 12.9. The fraction of sp³-hybridized carbons (Fsp3) is 0.176. The van der Waals surface area contributed by atoms with E-state index in [2.05, 4.69) is 5.32 Å². The number of nitriles is 1. The number of nitrogens with one attached hydrogen (secondary N) is 1. The van der Waals surface area contributed by atoms with Crippen LogP contribution < -0.4 is 10.1 Å². The molecule has 0 fully saturated rings. The van der Waals surface area contributed by atoms with Gasteiger partial charge in [0.2, 0.25) is 0 Å². The van der Waals surface area contributed by atoms with Crippen molar-refractivity contribution in [3.8, 4) is 11.8 Å². The van der Waals surface area contributed by atoms with Gasteiger partial charge < -0.3 is 10.1 Å². The molecule has 0 aliphatic heterocycles. The Morgan fingerprint density at radius 3 is 2.50 bits per heavy atom. The average Bonchev–Trinajstić information content (AvgIpc) is 2.55. The Labute approximate surface area is 148 Å². The normalized spacial score (nSPS) is 12.8. The van der Waals surface area contributed by atoms with Crippen molar-refractivity contribution in [2.24, 2.45) is 0 Å². The van der Waals surface area contributed by atoms with Gasteiger partial charge in [-0.05, 0) is 42.8 Å². The third kappa shape index (κ3) is 4.60. The molecule has 2 aromatic carbocycles. The SMILES string of the molecule is CC(Oc1ccc(Cl)cc1Cl)C(=O)NC(C#N)c1ccc(F)cc1. The van der Waals surface area contributed by atoms with E-state index in [0.29, 0.717) is 16.3 Å². The summed E-state index contributed by atoms with van der Waals surface area (Å²) in [5.41, 5.74) is 0.476. The van der Waals surface area contributed by atoms with Crippen LogP contribution >= 0.6 is 23.2 Å². The van der Waals surface area contributed by atoms with E-state index in [0.717, 1.165) is 0 Å². The van der Waals surface area contributed by atoms with Gasteiger partial charge in [-0.1, -0.05) is 35.3 Å². The quantitative estimate of drug-likeness (QED) is 0.858. The molecule has 124 valence electrons. The number of amides is 1. The monoisotopic (exact) mass is 366 g/mol. The van der Waals surface area contributed by atoms with E-state index in [1.54, 1.807) is 12.1 Å². The maximum atomic E-state index is 12.9. The molecule has 7 heteroatoms. The van der Waals surface area contributed by atoms with Gasteiger partial charge in [0.25, 0.3) is 5.91 Å². The van der Waals surface area contributed by atoms with Gasteiger partial charge in [-0.2, -0.15) is 5.26 Å². The number of carbonyl (C=O) groups excluding carboxylic acids is 1. The zero-order valence-corrected chi connectivity index (χ0v) is 14.1. The largest absolute Gasteiger partial charge is 0.479 e. The van der Waals surface area contributed by atoms with Gasteiger partial charge in [-0.15, -0.1) is 0 Å². The zero-order valence-electron chi connectivity index (χ0n) is 12.6. The van der Waals surface area contributed by atoms with Crippen molar-refractivity contribution in [1.29, 1.82) is 5.26 Å². The van der Waals surface area contributed by atoms with Crippen LogP contribution in [-0.2, 0) is 4.79 Å². The van der Waals surface area contributed by atoms with Gasteiger partial charge in [0.15, 0.2) is 6.10 Å². The smallest absolute Gasteiger partial charge is 0.262 e. The lowest BCUT2D eigenvalue weighted by Crippen LogP contribution is -2.38. The lowest BCUT2D eigenvalue weighted by atomic mass is 10.1. The van der Waals surface area contributed by atoms with Gasteiger partial charge in [0, 0.05) is 5.02 Å². The summed E-state index contributed by atoms with van der Waals surface area (Å²) in [6.45, 7) is 1.53.